The second-order valence-electron chi connectivity index (χ2n) is 14.4. The summed E-state index contributed by atoms with van der Waals surface area (Å²) in [4.78, 5) is 19.9. The number of benzene rings is 6. The number of para-hydroxylation sites is 2. The Morgan fingerprint density at radius 3 is 1.98 bits per heavy atom. The predicted octanol–water partition coefficient (Wildman–Crippen LogP) is 11.8. The molecule has 0 aliphatic rings. The number of ether oxygens (including phenoxy) is 1. The van der Waals surface area contributed by atoms with Crippen molar-refractivity contribution in [3.63, 3.8) is 0 Å². The van der Waals surface area contributed by atoms with Crippen LogP contribution in [0.3, 0.4) is 0 Å². The van der Waals surface area contributed by atoms with Crippen LogP contribution in [-0.4, -0.2) is 18.7 Å². The van der Waals surface area contributed by atoms with E-state index in [1.54, 1.807) is 38.2 Å². The van der Waals surface area contributed by atoms with Crippen LogP contribution < -0.4 is 10.4 Å². The number of hydrogen-bond acceptors (Lipinski definition) is 3. The van der Waals surface area contributed by atoms with Crippen LogP contribution in [-0.2, 0) is 26.5 Å². The molecule has 0 unspecified atom stereocenters. The van der Waals surface area contributed by atoms with Crippen molar-refractivity contribution < 1.29 is 39.5 Å². The molecular formula is C50H40N4O2Pt. The van der Waals surface area contributed by atoms with E-state index >= 15 is 4.79 Å². The maximum atomic E-state index is 15.1. The molecule has 0 fully saturated rings. The average Bonchev–Trinajstić information content (AvgIpc) is 3.74. The molecule has 3 aromatic heterocycles. The Morgan fingerprint density at radius 1 is 0.667 bits per heavy atom. The van der Waals surface area contributed by atoms with Crippen LogP contribution in [0.4, 0.5) is 0 Å². The quantitative estimate of drug-likeness (QED) is 0.150. The monoisotopic (exact) mass is 933 g/mol. The number of hydrogen-bond donors (Lipinski definition) is 0. The summed E-state index contributed by atoms with van der Waals surface area (Å²) in [6.07, 6.45) is 1.81. The molecular weight excluding hydrogens is 884 g/mol. The molecule has 0 atom stereocenters. The van der Waals surface area contributed by atoms with Gasteiger partial charge in [-0.1, -0.05) is 129 Å². The standard InChI is InChI=1S/C50H40N4O2.Pt/c1-33-34(2)53(48-41(35-16-8-6-9-17-35)23-15-24-42(48)36-18-10-7-11-19-36)49(55)52(33)38-20-14-21-39(31-38)56-40-26-27-44-43-22-12-13-25-45(43)54(46(44)32-40)47-30-37(28-29-51-47)50(3,4)5;/h6-30H,1-5H3;/q-2;+2/i6D,7D,8D,9D,10D,11D,16D,17D,18D,19D;. The minimum Gasteiger partial charge on any atom is -0.509 e. The third-order valence-corrected chi connectivity index (χ3v) is 9.99. The summed E-state index contributed by atoms with van der Waals surface area (Å²) in [5, 5.41) is 1.97. The Bertz CT molecular complexity index is 3430. The molecule has 0 saturated carbocycles. The fourth-order valence-electron chi connectivity index (χ4n) is 7.14. The molecule has 0 spiro atoms. The summed E-state index contributed by atoms with van der Waals surface area (Å²) in [5.74, 6) is 1.36. The predicted molar refractivity (Wildman–Crippen MR) is 227 cm³/mol. The van der Waals surface area contributed by atoms with Crippen molar-refractivity contribution in [2.75, 3.05) is 0 Å². The van der Waals surface area contributed by atoms with Gasteiger partial charge in [0.15, 0.2) is 0 Å². The van der Waals surface area contributed by atoms with Crippen molar-refractivity contribution in [1.82, 2.24) is 18.7 Å². The van der Waals surface area contributed by atoms with Gasteiger partial charge in [-0.25, -0.2) is 9.78 Å². The van der Waals surface area contributed by atoms with Crippen LogP contribution in [0.5, 0.6) is 11.5 Å². The normalized spacial score (nSPS) is 14.0. The summed E-state index contributed by atoms with van der Waals surface area (Å²) < 4.78 is 97.1. The van der Waals surface area contributed by atoms with Gasteiger partial charge in [0.2, 0.25) is 0 Å². The van der Waals surface area contributed by atoms with E-state index < -0.39 is 66.1 Å². The first-order valence-corrected chi connectivity index (χ1v) is 18.0. The summed E-state index contributed by atoms with van der Waals surface area (Å²) in [6, 6.07) is 26.2. The van der Waals surface area contributed by atoms with E-state index in [1.807, 2.05) is 36.4 Å². The molecule has 7 heteroatoms. The Kier molecular flexibility index (Phi) is 7.22. The van der Waals surface area contributed by atoms with Crippen molar-refractivity contribution in [2.24, 2.45) is 0 Å². The van der Waals surface area contributed by atoms with Gasteiger partial charge in [-0.05, 0) is 59.5 Å². The van der Waals surface area contributed by atoms with Crippen molar-refractivity contribution >= 4 is 21.8 Å². The topological polar surface area (TPSA) is 54.0 Å². The van der Waals surface area contributed by atoms with Crippen LogP contribution in [0.1, 0.15) is 51.4 Å². The molecule has 57 heavy (non-hydrogen) atoms. The van der Waals surface area contributed by atoms with Gasteiger partial charge in [0.05, 0.1) is 19.4 Å². The van der Waals surface area contributed by atoms with Gasteiger partial charge in [0.25, 0.3) is 0 Å². The smallest absolute Gasteiger partial charge is 0.509 e. The molecule has 3 heterocycles. The van der Waals surface area contributed by atoms with Gasteiger partial charge < -0.3 is 9.30 Å². The molecule has 9 aromatic rings. The molecule has 9 rings (SSSR count). The molecule has 6 nitrogen and oxygen atoms in total. The van der Waals surface area contributed by atoms with Crippen LogP contribution in [0.15, 0.2) is 156 Å². The largest absolute Gasteiger partial charge is 2.00 e. The number of imidazole rings is 1. The molecule has 6 aromatic carbocycles. The Balaban J connectivity index is 0.00000608. The Labute approximate surface area is 361 Å². The Morgan fingerprint density at radius 2 is 1.30 bits per heavy atom. The first-order valence-electron chi connectivity index (χ1n) is 23.0. The van der Waals surface area contributed by atoms with Crippen molar-refractivity contribution in [3.05, 3.63) is 191 Å². The van der Waals surface area contributed by atoms with E-state index in [2.05, 4.69) is 49.6 Å². The molecule has 0 radical (unpaired) electrons. The van der Waals surface area contributed by atoms with E-state index in [-0.39, 0.29) is 65.9 Å². The minimum atomic E-state index is -0.672. The third kappa shape index (κ3) is 6.74. The zero-order valence-corrected chi connectivity index (χ0v) is 33.9. The third-order valence-electron chi connectivity index (χ3n) is 9.99. The number of pyridine rings is 1. The van der Waals surface area contributed by atoms with Crippen LogP contribution >= 0.6 is 0 Å². The molecule has 282 valence electrons. The maximum Gasteiger partial charge on any atom is 2.00 e. The fourth-order valence-corrected chi connectivity index (χ4v) is 7.14. The van der Waals surface area contributed by atoms with Gasteiger partial charge in [-0.2, -0.15) is 12.1 Å². The molecule has 0 amide bonds. The molecule has 0 saturated heterocycles. The van der Waals surface area contributed by atoms with E-state index in [0.29, 0.717) is 17.1 Å². The van der Waals surface area contributed by atoms with Gasteiger partial charge >= 0.3 is 26.8 Å². The second-order valence-corrected chi connectivity index (χ2v) is 14.4. The van der Waals surface area contributed by atoms with Gasteiger partial charge in [-0.15, -0.1) is 35.7 Å². The summed E-state index contributed by atoms with van der Waals surface area (Å²) >= 11 is 0. The SMILES string of the molecule is [2H]c1c([2H])c([2H])c(-c2cccc(-c3c([2H])c([2H])c([2H])c([2H])c3[2H])c2-n2c(C)c(C)n(-c3[c-]c(Oc4[c-]c5c(cc4)c4ccccc4n5-c4cc(C(C)(C)C)ccn4)ccc3)c2=O)c([2H])c1[2H].[Pt+2]. The molecule has 0 N–H and O–H groups in total. The van der Waals surface area contributed by atoms with E-state index in [0.717, 1.165) is 33.2 Å². The number of rotatable bonds is 7. The fraction of sp³-hybridized carbons (Fsp3) is 0.120. The van der Waals surface area contributed by atoms with Crippen LogP contribution in [0.25, 0.3) is 61.3 Å². The van der Waals surface area contributed by atoms with Crippen LogP contribution in [0.2, 0.25) is 0 Å². The van der Waals surface area contributed by atoms with Gasteiger partial charge in [0.1, 0.15) is 5.82 Å². The summed E-state index contributed by atoms with van der Waals surface area (Å²) in [5.41, 5.74) is 2.56. The zero-order chi connectivity index (χ0) is 47.3. The first kappa shape index (κ1) is 27.4. The van der Waals surface area contributed by atoms with Gasteiger partial charge in [-0.3, -0.25) is 9.13 Å². The maximum absolute atomic E-state index is 15.1. The average molecular weight is 934 g/mol. The van der Waals surface area contributed by atoms with Gasteiger partial charge in [0, 0.05) is 45.7 Å². The molecule has 0 aliphatic heterocycles. The van der Waals surface area contributed by atoms with Crippen molar-refractivity contribution in [1.29, 1.82) is 0 Å². The molecule has 0 aliphatic carbocycles. The van der Waals surface area contributed by atoms with Crippen LogP contribution in [0, 0.1) is 26.0 Å². The van der Waals surface area contributed by atoms with E-state index in [1.165, 1.54) is 27.3 Å². The second kappa shape index (κ2) is 15.0. The minimum absolute atomic E-state index is 0. The summed E-state index contributed by atoms with van der Waals surface area (Å²) in [6.45, 7) is 9.82. The number of fused-ring (bicyclic) bond motifs is 3. The first-order chi connectivity index (χ1) is 31.3. The summed E-state index contributed by atoms with van der Waals surface area (Å²) in [7, 11) is 0. The van der Waals surface area contributed by atoms with E-state index in [4.69, 9.17) is 23.4 Å². The van der Waals surface area contributed by atoms with Crippen molar-refractivity contribution in [3.8, 4) is 50.9 Å². The zero-order valence-electron chi connectivity index (χ0n) is 41.6. The Hall–Kier alpha value is -6.23. The number of nitrogens with zero attached hydrogens (tertiary/aromatic N) is 4. The van der Waals surface area contributed by atoms with E-state index in [9.17, 15) is 0 Å². The number of aromatic nitrogens is 4. The molecule has 0 bridgehead atoms. The van der Waals surface area contributed by atoms with Crippen molar-refractivity contribution in [2.45, 2.75) is 40.0 Å².